The van der Waals surface area contributed by atoms with Crippen LogP contribution in [0.5, 0.6) is 0 Å². The Morgan fingerprint density at radius 1 is 1.52 bits per heavy atom. The zero-order valence-electron chi connectivity index (χ0n) is 11.4. The monoisotopic (exact) mass is 325 g/mol. The summed E-state index contributed by atoms with van der Waals surface area (Å²) in [5, 5.41) is 15.8. The molecule has 0 saturated heterocycles. The van der Waals surface area contributed by atoms with E-state index < -0.39 is 0 Å². The topological polar surface area (TPSA) is 83.5 Å². The molecule has 2 aromatic rings. The van der Waals surface area contributed by atoms with Gasteiger partial charge in [-0.2, -0.15) is 0 Å². The van der Waals surface area contributed by atoms with Gasteiger partial charge in [-0.05, 0) is 36.8 Å². The Kier molecular flexibility index (Phi) is 5.43. The van der Waals surface area contributed by atoms with Crippen LogP contribution in [0.3, 0.4) is 0 Å². The molecule has 1 aromatic heterocycles. The number of thiocarbonyl (C=S) groups is 1. The molecule has 0 fully saturated rings. The van der Waals surface area contributed by atoms with Crippen LogP contribution in [-0.4, -0.2) is 41.4 Å². The molecule has 0 saturated carbocycles. The first-order valence-electron chi connectivity index (χ1n) is 6.28. The van der Waals surface area contributed by atoms with Crippen LogP contribution < -0.4 is 10.6 Å². The van der Waals surface area contributed by atoms with Crippen molar-refractivity contribution >= 4 is 50.0 Å². The Morgan fingerprint density at radius 2 is 2.33 bits per heavy atom. The second kappa shape index (κ2) is 7.30. The number of rotatable bonds is 5. The number of fused-ring (bicyclic) bond motifs is 1. The molecule has 0 amide bonds. The van der Waals surface area contributed by atoms with Crippen LogP contribution in [0.25, 0.3) is 10.2 Å². The molecular weight excluding hydrogens is 310 g/mol. The molecular formula is C13H15N3O3S2. The van der Waals surface area contributed by atoms with Crippen LogP contribution in [-0.2, 0) is 4.74 Å². The van der Waals surface area contributed by atoms with Crippen LogP contribution in [0.2, 0.25) is 0 Å². The number of thiazole rings is 1. The van der Waals surface area contributed by atoms with Crippen LogP contribution in [0.1, 0.15) is 16.8 Å². The van der Waals surface area contributed by atoms with Crippen molar-refractivity contribution in [2.24, 2.45) is 0 Å². The summed E-state index contributed by atoms with van der Waals surface area (Å²) in [6.07, 6.45) is 0.629. The normalized spacial score (nSPS) is 10.4. The maximum atomic E-state index is 11.5. The summed E-state index contributed by atoms with van der Waals surface area (Å²) in [7, 11) is 1.35. The van der Waals surface area contributed by atoms with E-state index in [0.717, 1.165) is 10.2 Å². The van der Waals surface area contributed by atoms with Gasteiger partial charge in [-0.15, -0.1) is 0 Å². The molecule has 2 rings (SSSR count). The van der Waals surface area contributed by atoms with Crippen molar-refractivity contribution in [3.63, 3.8) is 0 Å². The zero-order valence-corrected chi connectivity index (χ0v) is 13.0. The van der Waals surface area contributed by atoms with Crippen molar-refractivity contribution in [3.05, 3.63) is 23.8 Å². The molecule has 0 unspecified atom stereocenters. The molecule has 0 aliphatic rings. The smallest absolute Gasteiger partial charge is 0.337 e. The van der Waals surface area contributed by atoms with Gasteiger partial charge < -0.3 is 20.5 Å². The van der Waals surface area contributed by atoms with E-state index >= 15 is 0 Å². The number of anilines is 1. The van der Waals surface area contributed by atoms with E-state index in [1.54, 1.807) is 18.2 Å². The highest BCUT2D eigenvalue weighted by molar-refractivity contribution is 7.80. The van der Waals surface area contributed by atoms with Gasteiger partial charge >= 0.3 is 5.97 Å². The third kappa shape index (κ3) is 4.10. The van der Waals surface area contributed by atoms with E-state index in [4.69, 9.17) is 17.3 Å². The fourth-order valence-corrected chi connectivity index (χ4v) is 2.82. The van der Waals surface area contributed by atoms with Crippen LogP contribution >= 0.6 is 23.6 Å². The number of hydrogen-bond donors (Lipinski definition) is 3. The van der Waals surface area contributed by atoms with Crippen molar-refractivity contribution < 1.29 is 14.6 Å². The van der Waals surface area contributed by atoms with E-state index in [1.807, 2.05) is 0 Å². The summed E-state index contributed by atoms with van der Waals surface area (Å²) >= 11 is 6.53. The predicted octanol–water partition coefficient (Wildman–Crippen LogP) is 1.75. The molecule has 0 aliphatic carbocycles. The predicted molar refractivity (Wildman–Crippen MR) is 86.9 cm³/mol. The summed E-state index contributed by atoms with van der Waals surface area (Å²) in [5.41, 5.74) is 1.28. The number of aliphatic hydroxyl groups is 1. The van der Waals surface area contributed by atoms with E-state index in [9.17, 15) is 4.79 Å². The number of methoxy groups -OCH3 is 1. The van der Waals surface area contributed by atoms with Gasteiger partial charge in [0.15, 0.2) is 10.2 Å². The molecule has 1 heterocycles. The van der Waals surface area contributed by atoms with Gasteiger partial charge in [-0.25, -0.2) is 9.78 Å². The number of aliphatic hydroxyl groups excluding tert-OH is 1. The van der Waals surface area contributed by atoms with E-state index in [-0.39, 0.29) is 12.6 Å². The Hall–Kier alpha value is -1.77. The summed E-state index contributed by atoms with van der Waals surface area (Å²) in [6, 6.07) is 5.19. The van der Waals surface area contributed by atoms with Gasteiger partial charge in [0.25, 0.3) is 0 Å². The quantitative estimate of drug-likeness (QED) is 0.439. The number of carbonyl (C=O) groups excluding carboxylic acids is 1. The molecule has 0 bridgehead atoms. The molecule has 0 atom stereocenters. The average molecular weight is 325 g/mol. The van der Waals surface area contributed by atoms with Gasteiger partial charge in [-0.3, -0.25) is 0 Å². The summed E-state index contributed by atoms with van der Waals surface area (Å²) in [6.45, 7) is 0.715. The number of hydrogen-bond acceptors (Lipinski definition) is 6. The van der Waals surface area contributed by atoms with Gasteiger partial charge in [0.2, 0.25) is 0 Å². The SMILES string of the molecule is COC(=O)c1ccc2nc(NC(=S)NCCCO)sc2c1. The van der Waals surface area contributed by atoms with Crippen LogP contribution in [0.4, 0.5) is 5.13 Å². The molecule has 21 heavy (non-hydrogen) atoms. The molecule has 0 aliphatic heterocycles. The number of benzene rings is 1. The van der Waals surface area contributed by atoms with Gasteiger partial charge in [-0.1, -0.05) is 11.3 Å². The molecule has 8 heteroatoms. The first-order valence-corrected chi connectivity index (χ1v) is 7.51. The number of nitrogens with one attached hydrogen (secondary N) is 2. The zero-order chi connectivity index (χ0) is 15.2. The Labute approximate surface area is 131 Å². The lowest BCUT2D eigenvalue weighted by Crippen LogP contribution is -2.29. The number of aromatic nitrogens is 1. The largest absolute Gasteiger partial charge is 0.465 e. The molecule has 0 spiro atoms. The number of carbonyl (C=O) groups is 1. The summed E-state index contributed by atoms with van der Waals surface area (Å²) in [4.78, 5) is 15.9. The maximum absolute atomic E-state index is 11.5. The maximum Gasteiger partial charge on any atom is 0.337 e. The Balaban J connectivity index is 2.08. The second-order valence-corrected chi connectivity index (χ2v) is 5.59. The fourth-order valence-electron chi connectivity index (χ4n) is 1.65. The summed E-state index contributed by atoms with van der Waals surface area (Å²) < 4.78 is 5.56. The minimum absolute atomic E-state index is 0.118. The van der Waals surface area contributed by atoms with E-state index in [1.165, 1.54) is 18.4 Å². The van der Waals surface area contributed by atoms with Gasteiger partial charge in [0.1, 0.15) is 0 Å². The third-order valence-electron chi connectivity index (χ3n) is 2.65. The molecule has 1 aromatic carbocycles. The van der Waals surface area contributed by atoms with E-state index in [0.29, 0.717) is 28.8 Å². The summed E-state index contributed by atoms with van der Waals surface area (Å²) in [5.74, 6) is -0.374. The van der Waals surface area contributed by atoms with Gasteiger partial charge in [0, 0.05) is 13.2 Å². The van der Waals surface area contributed by atoms with Crippen molar-refractivity contribution in [2.75, 3.05) is 25.6 Å². The molecule has 112 valence electrons. The highest BCUT2D eigenvalue weighted by atomic mass is 32.1. The van der Waals surface area contributed by atoms with Crippen LogP contribution in [0.15, 0.2) is 18.2 Å². The number of esters is 1. The van der Waals surface area contributed by atoms with Crippen molar-refractivity contribution in [1.29, 1.82) is 0 Å². The highest BCUT2D eigenvalue weighted by Gasteiger charge is 2.10. The Morgan fingerprint density at radius 3 is 3.05 bits per heavy atom. The van der Waals surface area contributed by atoms with Crippen molar-refractivity contribution in [2.45, 2.75) is 6.42 Å². The first-order chi connectivity index (χ1) is 10.1. The second-order valence-electron chi connectivity index (χ2n) is 4.15. The minimum atomic E-state index is -0.374. The van der Waals surface area contributed by atoms with Crippen LogP contribution in [0, 0.1) is 0 Å². The van der Waals surface area contributed by atoms with Gasteiger partial charge in [0.05, 0.1) is 22.9 Å². The lowest BCUT2D eigenvalue weighted by atomic mass is 10.2. The molecule has 3 N–H and O–H groups in total. The first kappa shape index (κ1) is 15.6. The number of nitrogens with zero attached hydrogens (tertiary/aromatic N) is 1. The average Bonchev–Trinajstić information content (AvgIpc) is 2.87. The van der Waals surface area contributed by atoms with Crippen molar-refractivity contribution in [3.8, 4) is 0 Å². The van der Waals surface area contributed by atoms with Crippen molar-refractivity contribution in [1.82, 2.24) is 10.3 Å². The standard InChI is InChI=1S/C13H15N3O3S2/c1-19-11(18)8-3-4-9-10(7-8)21-13(15-9)16-12(20)14-5-2-6-17/h3-4,7,17H,2,5-6H2,1H3,(H2,14,15,16,20). The fraction of sp³-hybridized carbons (Fsp3) is 0.308. The molecule has 6 nitrogen and oxygen atoms in total. The lowest BCUT2D eigenvalue weighted by molar-refractivity contribution is 0.0601. The minimum Gasteiger partial charge on any atom is -0.465 e. The number of ether oxygens (including phenoxy) is 1. The Bertz CT molecular complexity index is 657. The highest BCUT2D eigenvalue weighted by Crippen LogP contribution is 2.26. The lowest BCUT2D eigenvalue weighted by Gasteiger charge is -2.06. The molecule has 0 radical (unpaired) electrons. The third-order valence-corrected chi connectivity index (χ3v) is 3.83. The van der Waals surface area contributed by atoms with E-state index in [2.05, 4.69) is 20.4 Å².